The summed E-state index contributed by atoms with van der Waals surface area (Å²) in [5.41, 5.74) is 4.06. The van der Waals surface area contributed by atoms with Crippen LogP contribution in [-0.2, 0) is 24.2 Å². The van der Waals surface area contributed by atoms with E-state index in [1.807, 2.05) is 29.7 Å². The van der Waals surface area contributed by atoms with E-state index in [0.717, 1.165) is 60.0 Å². The molecule has 6 heteroatoms. The fourth-order valence-corrected chi connectivity index (χ4v) is 5.19. The molecule has 148 valence electrons. The van der Waals surface area contributed by atoms with E-state index >= 15 is 0 Å². The predicted molar refractivity (Wildman–Crippen MR) is 110 cm³/mol. The minimum Gasteiger partial charge on any atom is -0.343 e. The van der Waals surface area contributed by atoms with Gasteiger partial charge in [0, 0.05) is 53.5 Å². The van der Waals surface area contributed by atoms with Crippen molar-refractivity contribution in [2.75, 3.05) is 24.6 Å². The van der Waals surface area contributed by atoms with Gasteiger partial charge >= 0.3 is 0 Å². The molecular formula is C22H25FN2O2S. The van der Waals surface area contributed by atoms with Gasteiger partial charge in [-0.2, -0.15) is 11.8 Å². The van der Waals surface area contributed by atoms with E-state index in [-0.39, 0.29) is 23.9 Å². The Balaban J connectivity index is 1.70. The Morgan fingerprint density at radius 2 is 1.93 bits per heavy atom. The average molecular weight is 401 g/mol. The number of rotatable bonds is 4. The van der Waals surface area contributed by atoms with E-state index in [9.17, 15) is 14.0 Å². The minimum absolute atomic E-state index is 0.0904. The molecule has 1 saturated heterocycles. The van der Waals surface area contributed by atoms with E-state index in [2.05, 4.69) is 4.57 Å². The molecule has 1 aliphatic heterocycles. The number of nitrogens with zero attached hydrogens (tertiary/aromatic N) is 2. The zero-order valence-corrected chi connectivity index (χ0v) is 17.0. The largest absolute Gasteiger partial charge is 0.343 e. The highest BCUT2D eigenvalue weighted by molar-refractivity contribution is 7.99. The van der Waals surface area contributed by atoms with Crippen LogP contribution in [0.15, 0.2) is 24.3 Å². The molecule has 4 rings (SSSR count). The quantitative estimate of drug-likeness (QED) is 0.787. The van der Waals surface area contributed by atoms with Crippen LogP contribution in [0.4, 0.5) is 4.39 Å². The van der Waals surface area contributed by atoms with Gasteiger partial charge in [-0.15, -0.1) is 0 Å². The van der Waals surface area contributed by atoms with Crippen molar-refractivity contribution in [2.45, 2.75) is 39.2 Å². The number of ketones is 1. The van der Waals surface area contributed by atoms with Gasteiger partial charge in [-0.1, -0.05) is 18.2 Å². The van der Waals surface area contributed by atoms with E-state index in [1.165, 1.54) is 6.07 Å². The Labute approximate surface area is 169 Å². The summed E-state index contributed by atoms with van der Waals surface area (Å²) in [4.78, 5) is 27.5. The Morgan fingerprint density at radius 3 is 2.68 bits per heavy atom. The second-order valence-electron chi connectivity index (χ2n) is 7.51. The average Bonchev–Trinajstić information content (AvgIpc) is 2.97. The minimum atomic E-state index is -0.241. The van der Waals surface area contributed by atoms with Crippen molar-refractivity contribution in [2.24, 2.45) is 0 Å². The first-order valence-corrected chi connectivity index (χ1v) is 11.0. The number of hydrogen-bond donors (Lipinski definition) is 0. The maximum Gasteiger partial charge on any atom is 0.227 e. The van der Waals surface area contributed by atoms with Crippen molar-refractivity contribution in [3.8, 4) is 0 Å². The summed E-state index contributed by atoms with van der Waals surface area (Å²) < 4.78 is 16.3. The van der Waals surface area contributed by atoms with Crippen molar-refractivity contribution < 1.29 is 14.0 Å². The van der Waals surface area contributed by atoms with Gasteiger partial charge in [0.2, 0.25) is 5.91 Å². The highest BCUT2D eigenvalue weighted by atomic mass is 32.2. The zero-order valence-electron chi connectivity index (χ0n) is 16.2. The molecule has 0 N–H and O–H groups in total. The molecule has 0 saturated carbocycles. The highest BCUT2D eigenvalue weighted by Crippen LogP contribution is 2.31. The smallest absolute Gasteiger partial charge is 0.227 e. The van der Waals surface area contributed by atoms with Gasteiger partial charge in [0.15, 0.2) is 5.78 Å². The Kier molecular flexibility index (Phi) is 5.58. The lowest BCUT2D eigenvalue weighted by atomic mass is 9.92. The lowest BCUT2D eigenvalue weighted by molar-refractivity contribution is -0.130. The lowest BCUT2D eigenvalue weighted by Gasteiger charge is -2.26. The van der Waals surface area contributed by atoms with Gasteiger partial charge in [-0.3, -0.25) is 9.59 Å². The highest BCUT2D eigenvalue weighted by Gasteiger charge is 2.30. The number of Topliss-reactive ketones (excluding diaryl/α,β-unsaturated/α-hetero) is 1. The Hall–Kier alpha value is -2.08. The molecule has 1 aliphatic carbocycles. The van der Waals surface area contributed by atoms with Crippen molar-refractivity contribution in [3.63, 3.8) is 0 Å². The van der Waals surface area contributed by atoms with Gasteiger partial charge in [0.1, 0.15) is 5.82 Å². The third-order valence-electron chi connectivity index (χ3n) is 5.83. The second kappa shape index (κ2) is 8.11. The van der Waals surface area contributed by atoms with Gasteiger partial charge < -0.3 is 9.47 Å². The van der Waals surface area contributed by atoms with Crippen LogP contribution in [0.2, 0.25) is 0 Å². The van der Waals surface area contributed by atoms with E-state index in [0.29, 0.717) is 18.5 Å². The van der Waals surface area contributed by atoms with Crippen LogP contribution in [0, 0.1) is 12.7 Å². The SMILES string of the molecule is Cc1c(CC(=O)N2CCSCC2)c2c(n1Cc1ccccc1F)CCCC2=O. The molecule has 0 unspecified atom stereocenters. The number of aromatic nitrogens is 1. The maximum absolute atomic E-state index is 14.2. The van der Waals surface area contributed by atoms with Crippen molar-refractivity contribution in [3.05, 3.63) is 58.2 Å². The summed E-state index contributed by atoms with van der Waals surface area (Å²) in [6, 6.07) is 6.75. The molecule has 1 aromatic carbocycles. The van der Waals surface area contributed by atoms with Crippen LogP contribution in [0.1, 0.15) is 45.7 Å². The second-order valence-corrected chi connectivity index (χ2v) is 8.73. The monoisotopic (exact) mass is 400 g/mol. The summed E-state index contributed by atoms with van der Waals surface area (Å²) in [7, 11) is 0. The molecule has 0 spiro atoms. The number of hydrogen-bond acceptors (Lipinski definition) is 3. The number of halogens is 1. The number of fused-ring (bicyclic) bond motifs is 1. The summed E-state index contributed by atoms with van der Waals surface area (Å²) in [6.07, 6.45) is 2.39. The number of carbonyl (C=O) groups is 2. The van der Waals surface area contributed by atoms with E-state index in [4.69, 9.17) is 0 Å². The summed E-state index contributed by atoms with van der Waals surface area (Å²) in [6.45, 7) is 3.90. The summed E-state index contributed by atoms with van der Waals surface area (Å²) in [5, 5.41) is 0. The predicted octanol–water partition coefficient (Wildman–Crippen LogP) is 3.62. The summed E-state index contributed by atoms with van der Waals surface area (Å²) in [5.74, 6) is 1.91. The molecule has 1 amide bonds. The first-order valence-electron chi connectivity index (χ1n) is 9.89. The van der Waals surface area contributed by atoms with Crippen LogP contribution in [0.25, 0.3) is 0 Å². The van der Waals surface area contributed by atoms with Gasteiger partial charge in [0.05, 0.1) is 13.0 Å². The molecular weight excluding hydrogens is 375 g/mol. The maximum atomic E-state index is 14.2. The van der Waals surface area contributed by atoms with Crippen LogP contribution in [0.3, 0.4) is 0 Å². The number of carbonyl (C=O) groups excluding carboxylic acids is 2. The van der Waals surface area contributed by atoms with Crippen molar-refractivity contribution in [1.29, 1.82) is 0 Å². The molecule has 1 aromatic heterocycles. The van der Waals surface area contributed by atoms with Crippen molar-refractivity contribution in [1.82, 2.24) is 9.47 Å². The van der Waals surface area contributed by atoms with Crippen LogP contribution >= 0.6 is 11.8 Å². The van der Waals surface area contributed by atoms with Gasteiger partial charge in [-0.05, 0) is 31.4 Å². The summed E-state index contributed by atoms with van der Waals surface area (Å²) >= 11 is 1.87. The molecule has 28 heavy (non-hydrogen) atoms. The van der Waals surface area contributed by atoms with Gasteiger partial charge in [-0.25, -0.2) is 4.39 Å². The molecule has 0 atom stereocenters. The van der Waals surface area contributed by atoms with Gasteiger partial charge in [0.25, 0.3) is 0 Å². The fraction of sp³-hybridized carbons (Fsp3) is 0.455. The fourth-order valence-electron chi connectivity index (χ4n) is 4.29. The number of thioether (sulfide) groups is 1. The van der Waals surface area contributed by atoms with E-state index < -0.39 is 0 Å². The first kappa shape index (κ1) is 19.2. The molecule has 1 fully saturated rings. The number of amides is 1. The standard InChI is InChI=1S/C22H25FN2O2S/c1-15-17(13-21(27)24-9-11-28-12-10-24)22-19(7-4-8-20(22)26)25(15)14-16-5-2-3-6-18(16)23/h2-3,5-6H,4,7-14H2,1H3. The lowest BCUT2D eigenvalue weighted by Crippen LogP contribution is -2.39. The molecule has 0 bridgehead atoms. The third-order valence-corrected chi connectivity index (χ3v) is 6.77. The molecule has 0 radical (unpaired) electrons. The molecule has 2 heterocycles. The topological polar surface area (TPSA) is 42.3 Å². The third kappa shape index (κ3) is 3.62. The Bertz CT molecular complexity index is 916. The van der Waals surface area contributed by atoms with E-state index in [1.54, 1.807) is 12.1 Å². The van der Waals surface area contributed by atoms with Crippen LogP contribution in [-0.4, -0.2) is 45.8 Å². The Morgan fingerprint density at radius 1 is 1.18 bits per heavy atom. The normalized spacial score (nSPS) is 16.9. The first-order chi connectivity index (χ1) is 13.6. The van der Waals surface area contributed by atoms with Crippen molar-refractivity contribution >= 4 is 23.5 Å². The molecule has 2 aliphatic rings. The van der Waals surface area contributed by atoms with Crippen LogP contribution in [0.5, 0.6) is 0 Å². The van der Waals surface area contributed by atoms with Crippen LogP contribution < -0.4 is 0 Å². The molecule has 4 nitrogen and oxygen atoms in total. The molecule has 2 aromatic rings. The number of benzene rings is 1. The zero-order chi connectivity index (χ0) is 19.7.